The zero-order valence-electron chi connectivity index (χ0n) is 15.3. The first-order chi connectivity index (χ1) is 13.2. The smallest absolute Gasteiger partial charge is 0.168 e. The second-order valence-electron chi connectivity index (χ2n) is 6.00. The number of aryl methyl sites for hydroxylation is 1. The van der Waals surface area contributed by atoms with E-state index in [1.807, 2.05) is 54.1 Å². The minimum absolute atomic E-state index is 0.642. The summed E-state index contributed by atoms with van der Waals surface area (Å²) in [4.78, 5) is 8.81. The number of fused-ring (bicyclic) bond motifs is 1. The van der Waals surface area contributed by atoms with E-state index in [0.29, 0.717) is 17.3 Å². The Morgan fingerprint density at radius 3 is 2.56 bits per heavy atom. The number of nitrogens with zero attached hydrogens (tertiary/aromatic N) is 4. The average Bonchev–Trinajstić information content (AvgIpc) is 3.13. The summed E-state index contributed by atoms with van der Waals surface area (Å²) < 4.78 is 12.5. The number of hydrogen-bond donors (Lipinski definition) is 1. The lowest BCUT2D eigenvalue weighted by Gasteiger charge is -2.11. The highest BCUT2D eigenvalue weighted by atomic mass is 16.5. The van der Waals surface area contributed by atoms with Crippen LogP contribution in [0.1, 0.15) is 5.56 Å². The van der Waals surface area contributed by atoms with Crippen LogP contribution in [0.5, 0.6) is 11.5 Å². The van der Waals surface area contributed by atoms with Gasteiger partial charge in [-0.05, 0) is 30.7 Å². The summed E-state index contributed by atoms with van der Waals surface area (Å²) >= 11 is 0. The van der Waals surface area contributed by atoms with Gasteiger partial charge in [0, 0.05) is 11.8 Å². The molecule has 0 aliphatic heterocycles. The zero-order chi connectivity index (χ0) is 18.8. The Labute approximate surface area is 156 Å². The molecule has 0 bridgehead atoms. The van der Waals surface area contributed by atoms with Crippen LogP contribution in [-0.4, -0.2) is 34.0 Å². The van der Waals surface area contributed by atoms with Gasteiger partial charge in [0.25, 0.3) is 0 Å². The minimum atomic E-state index is 0.642. The number of para-hydroxylation sites is 1. The summed E-state index contributed by atoms with van der Waals surface area (Å²) in [7, 11) is 3.22. The topological polar surface area (TPSA) is 74.1 Å². The van der Waals surface area contributed by atoms with Crippen molar-refractivity contribution in [2.45, 2.75) is 6.92 Å². The van der Waals surface area contributed by atoms with Crippen LogP contribution in [0.4, 0.5) is 11.5 Å². The van der Waals surface area contributed by atoms with Gasteiger partial charge in [0.1, 0.15) is 12.1 Å². The molecule has 0 unspecified atom stereocenters. The van der Waals surface area contributed by atoms with Crippen LogP contribution in [0.3, 0.4) is 0 Å². The van der Waals surface area contributed by atoms with E-state index in [-0.39, 0.29) is 0 Å². The molecular formula is C20H19N5O2. The summed E-state index contributed by atoms with van der Waals surface area (Å²) in [5.41, 5.74) is 3.68. The van der Waals surface area contributed by atoms with Gasteiger partial charge < -0.3 is 14.8 Å². The van der Waals surface area contributed by atoms with Gasteiger partial charge in [-0.1, -0.05) is 18.2 Å². The van der Waals surface area contributed by atoms with Crippen molar-refractivity contribution in [2.75, 3.05) is 19.5 Å². The van der Waals surface area contributed by atoms with E-state index < -0.39 is 0 Å². The molecule has 1 N–H and O–H groups in total. The number of aromatic nitrogens is 4. The maximum atomic E-state index is 5.36. The first kappa shape index (κ1) is 16.8. The van der Waals surface area contributed by atoms with Crippen molar-refractivity contribution in [1.82, 2.24) is 19.7 Å². The highest BCUT2D eigenvalue weighted by molar-refractivity contribution is 5.89. The van der Waals surface area contributed by atoms with Gasteiger partial charge in [0.2, 0.25) is 0 Å². The van der Waals surface area contributed by atoms with Gasteiger partial charge in [-0.25, -0.2) is 14.6 Å². The molecule has 0 aliphatic rings. The molecule has 4 rings (SSSR count). The standard InChI is InChI=1S/C20H19N5O2/c1-13-6-4-5-7-16(13)25-20-15(11-23-25)19(21-12-22-20)24-14-8-9-17(26-2)18(10-14)27-3/h4-12H,1-3H3,(H,21,22,24). The van der Waals surface area contributed by atoms with E-state index in [4.69, 9.17) is 9.47 Å². The third-order valence-electron chi connectivity index (χ3n) is 4.36. The molecule has 7 heteroatoms. The fraction of sp³-hybridized carbons (Fsp3) is 0.150. The molecule has 7 nitrogen and oxygen atoms in total. The van der Waals surface area contributed by atoms with E-state index >= 15 is 0 Å². The molecule has 0 amide bonds. The van der Waals surface area contributed by atoms with Crippen molar-refractivity contribution >= 4 is 22.5 Å². The number of anilines is 2. The highest BCUT2D eigenvalue weighted by Crippen LogP contribution is 2.32. The Kier molecular flexibility index (Phi) is 4.33. The number of nitrogens with one attached hydrogen (secondary N) is 1. The normalized spacial score (nSPS) is 10.8. The largest absolute Gasteiger partial charge is 0.493 e. The van der Waals surface area contributed by atoms with E-state index in [2.05, 4.69) is 20.4 Å². The summed E-state index contributed by atoms with van der Waals surface area (Å²) in [5.74, 6) is 1.98. The maximum absolute atomic E-state index is 5.36. The molecule has 2 aromatic heterocycles. The molecule has 4 aromatic rings. The zero-order valence-corrected chi connectivity index (χ0v) is 15.3. The maximum Gasteiger partial charge on any atom is 0.168 e. The Morgan fingerprint density at radius 1 is 0.963 bits per heavy atom. The van der Waals surface area contributed by atoms with Crippen LogP contribution in [0, 0.1) is 6.92 Å². The van der Waals surface area contributed by atoms with E-state index in [1.165, 1.54) is 6.33 Å². The molecule has 27 heavy (non-hydrogen) atoms. The second kappa shape index (κ2) is 6.95. The Bertz CT molecular complexity index is 1110. The van der Waals surface area contributed by atoms with Gasteiger partial charge in [0.15, 0.2) is 17.1 Å². The predicted molar refractivity (Wildman–Crippen MR) is 104 cm³/mol. The number of ether oxygens (including phenoxy) is 2. The summed E-state index contributed by atoms with van der Waals surface area (Å²) in [6.07, 6.45) is 3.30. The lowest BCUT2D eigenvalue weighted by molar-refractivity contribution is 0.355. The minimum Gasteiger partial charge on any atom is -0.493 e. The molecule has 0 aliphatic carbocycles. The Hall–Kier alpha value is -3.61. The molecular weight excluding hydrogens is 342 g/mol. The molecule has 0 saturated carbocycles. The fourth-order valence-corrected chi connectivity index (χ4v) is 2.97. The lowest BCUT2D eigenvalue weighted by atomic mass is 10.2. The van der Waals surface area contributed by atoms with Crippen LogP contribution in [0.25, 0.3) is 16.7 Å². The second-order valence-corrected chi connectivity index (χ2v) is 6.00. The molecule has 0 saturated heterocycles. The predicted octanol–water partition coefficient (Wildman–Crippen LogP) is 3.88. The molecule has 136 valence electrons. The van der Waals surface area contributed by atoms with Crippen molar-refractivity contribution < 1.29 is 9.47 Å². The third kappa shape index (κ3) is 3.03. The number of methoxy groups -OCH3 is 2. The molecule has 0 radical (unpaired) electrons. The highest BCUT2D eigenvalue weighted by Gasteiger charge is 2.13. The van der Waals surface area contributed by atoms with Crippen molar-refractivity contribution in [3.63, 3.8) is 0 Å². The van der Waals surface area contributed by atoms with Gasteiger partial charge in [-0.2, -0.15) is 5.10 Å². The molecule has 2 heterocycles. The summed E-state index contributed by atoms with van der Waals surface area (Å²) in [6, 6.07) is 13.7. The van der Waals surface area contributed by atoms with E-state index in [9.17, 15) is 0 Å². The Balaban J connectivity index is 1.75. The van der Waals surface area contributed by atoms with Crippen molar-refractivity contribution in [3.05, 3.63) is 60.6 Å². The fourth-order valence-electron chi connectivity index (χ4n) is 2.97. The summed E-state index contributed by atoms with van der Waals surface area (Å²) in [6.45, 7) is 2.05. The average molecular weight is 361 g/mol. The van der Waals surface area contributed by atoms with Crippen LogP contribution in [0.2, 0.25) is 0 Å². The first-order valence-electron chi connectivity index (χ1n) is 8.45. The molecule has 2 aromatic carbocycles. The van der Waals surface area contributed by atoms with Crippen LogP contribution in [-0.2, 0) is 0 Å². The molecule has 0 fully saturated rings. The quantitative estimate of drug-likeness (QED) is 0.581. The van der Waals surface area contributed by atoms with Crippen LogP contribution >= 0.6 is 0 Å². The van der Waals surface area contributed by atoms with Gasteiger partial charge in [-0.15, -0.1) is 0 Å². The van der Waals surface area contributed by atoms with Gasteiger partial charge in [0.05, 0.1) is 31.5 Å². The summed E-state index contributed by atoms with van der Waals surface area (Å²) in [5, 5.41) is 8.66. The van der Waals surface area contributed by atoms with Crippen molar-refractivity contribution in [2.24, 2.45) is 0 Å². The molecule has 0 spiro atoms. The lowest BCUT2D eigenvalue weighted by Crippen LogP contribution is -2.01. The van der Waals surface area contributed by atoms with E-state index in [0.717, 1.165) is 28.0 Å². The van der Waals surface area contributed by atoms with Crippen LogP contribution in [0.15, 0.2) is 55.0 Å². The van der Waals surface area contributed by atoms with Gasteiger partial charge in [-0.3, -0.25) is 0 Å². The van der Waals surface area contributed by atoms with E-state index in [1.54, 1.807) is 20.4 Å². The Morgan fingerprint density at radius 2 is 1.78 bits per heavy atom. The number of rotatable bonds is 5. The molecule has 0 atom stereocenters. The first-order valence-corrected chi connectivity index (χ1v) is 8.45. The monoisotopic (exact) mass is 361 g/mol. The third-order valence-corrected chi connectivity index (χ3v) is 4.36. The van der Waals surface area contributed by atoms with Crippen LogP contribution < -0.4 is 14.8 Å². The number of benzene rings is 2. The van der Waals surface area contributed by atoms with Crippen molar-refractivity contribution in [3.8, 4) is 17.2 Å². The van der Waals surface area contributed by atoms with Gasteiger partial charge >= 0.3 is 0 Å². The number of hydrogen-bond acceptors (Lipinski definition) is 6. The SMILES string of the molecule is COc1ccc(Nc2ncnc3c2cnn3-c2ccccc2C)cc1OC. The van der Waals surface area contributed by atoms with Crippen molar-refractivity contribution in [1.29, 1.82) is 0 Å².